The highest BCUT2D eigenvalue weighted by atomic mass is 16.6. The van der Waals surface area contributed by atoms with E-state index in [9.17, 15) is 4.79 Å². The standard InChI is InChI=1S/C22H30N2O3/c1-16(2)20(24-21(25)27-22(3,4)5)15-23-17-11-13-19(14-12-17)26-18-9-7-6-8-10-18/h6-14,16,20,23H,15H2,1-5H3,(H,24,25). The Morgan fingerprint density at radius 2 is 1.56 bits per heavy atom. The van der Waals surface area contributed by atoms with Crippen molar-refractivity contribution >= 4 is 11.8 Å². The van der Waals surface area contributed by atoms with Gasteiger partial charge in [-0.25, -0.2) is 4.79 Å². The van der Waals surface area contributed by atoms with Crippen molar-refractivity contribution in [2.75, 3.05) is 11.9 Å². The van der Waals surface area contributed by atoms with Gasteiger partial charge in [0.1, 0.15) is 17.1 Å². The minimum atomic E-state index is -0.506. The SMILES string of the molecule is CC(C)C(CNc1ccc(Oc2ccccc2)cc1)NC(=O)OC(C)(C)C. The first-order valence-corrected chi connectivity index (χ1v) is 9.29. The van der Waals surface area contributed by atoms with Crippen LogP contribution in [0.25, 0.3) is 0 Å². The van der Waals surface area contributed by atoms with Crippen molar-refractivity contribution in [1.82, 2.24) is 5.32 Å². The van der Waals surface area contributed by atoms with Crippen molar-refractivity contribution in [2.24, 2.45) is 5.92 Å². The number of ether oxygens (including phenoxy) is 2. The first-order valence-electron chi connectivity index (χ1n) is 9.29. The summed E-state index contributed by atoms with van der Waals surface area (Å²) >= 11 is 0. The zero-order valence-electron chi connectivity index (χ0n) is 16.8. The number of hydrogen-bond donors (Lipinski definition) is 2. The Bertz CT molecular complexity index is 707. The maximum Gasteiger partial charge on any atom is 0.407 e. The zero-order chi connectivity index (χ0) is 19.9. The van der Waals surface area contributed by atoms with Crippen molar-refractivity contribution < 1.29 is 14.3 Å². The quantitative estimate of drug-likeness (QED) is 0.681. The van der Waals surface area contributed by atoms with E-state index in [-0.39, 0.29) is 12.0 Å². The van der Waals surface area contributed by atoms with E-state index in [1.807, 2.05) is 75.4 Å². The molecule has 0 bridgehead atoms. The molecule has 0 aromatic heterocycles. The molecule has 0 spiro atoms. The second-order valence-electron chi connectivity index (χ2n) is 7.82. The number of rotatable bonds is 7. The van der Waals surface area contributed by atoms with E-state index in [2.05, 4.69) is 24.5 Å². The van der Waals surface area contributed by atoms with Crippen molar-refractivity contribution in [1.29, 1.82) is 0 Å². The highest BCUT2D eigenvalue weighted by Gasteiger charge is 2.21. The molecule has 0 aliphatic carbocycles. The Kier molecular flexibility index (Phi) is 7.11. The van der Waals surface area contributed by atoms with Crippen molar-refractivity contribution in [3.63, 3.8) is 0 Å². The molecular weight excluding hydrogens is 340 g/mol. The van der Waals surface area contributed by atoms with Crippen LogP contribution in [0.3, 0.4) is 0 Å². The van der Waals surface area contributed by atoms with Gasteiger partial charge >= 0.3 is 6.09 Å². The van der Waals surface area contributed by atoms with Crippen molar-refractivity contribution in [2.45, 2.75) is 46.3 Å². The number of alkyl carbamates (subject to hydrolysis) is 1. The molecule has 0 aliphatic heterocycles. The Morgan fingerprint density at radius 3 is 2.11 bits per heavy atom. The number of carbonyl (C=O) groups is 1. The number of hydrogen-bond acceptors (Lipinski definition) is 4. The molecule has 2 aromatic carbocycles. The average Bonchev–Trinajstić information content (AvgIpc) is 2.59. The second kappa shape index (κ2) is 9.31. The van der Waals surface area contributed by atoms with Gasteiger partial charge in [-0.3, -0.25) is 0 Å². The molecule has 0 fully saturated rings. The molecular formula is C22H30N2O3. The largest absolute Gasteiger partial charge is 0.457 e. The van der Waals surface area contributed by atoms with Crippen molar-refractivity contribution in [3.8, 4) is 11.5 Å². The fourth-order valence-electron chi connectivity index (χ4n) is 2.41. The lowest BCUT2D eigenvalue weighted by molar-refractivity contribution is 0.0494. The summed E-state index contributed by atoms with van der Waals surface area (Å²) in [6.45, 7) is 10.3. The Morgan fingerprint density at radius 1 is 0.963 bits per heavy atom. The smallest absolute Gasteiger partial charge is 0.407 e. The van der Waals surface area contributed by atoms with E-state index in [1.54, 1.807) is 0 Å². The Balaban J connectivity index is 1.88. The molecule has 0 saturated heterocycles. The van der Waals surface area contributed by atoms with E-state index >= 15 is 0 Å². The van der Waals surface area contributed by atoms with Gasteiger partial charge in [-0.05, 0) is 63.1 Å². The summed E-state index contributed by atoms with van der Waals surface area (Å²) in [5, 5.41) is 6.30. The third-order valence-corrected chi connectivity index (χ3v) is 3.87. The van der Waals surface area contributed by atoms with Gasteiger partial charge in [-0.2, -0.15) is 0 Å². The van der Waals surface area contributed by atoms with Gasteiger partial charge in [-0.15, -0.1) is 0 Å². The monoisotopic (exact) mass is 370 g/mol. The van der Waals surface area contributed by atoms with Crippen molar-refractivity contribution in [3.05, 3.63) is 54.6 Å². The maximum atomic E-state index is 12.0. The minimum Gasteiger partial charge on any atom is -0.457 e. The summed E-state index contributed by atoms with van der Waals surface area (Å²) in [6.07, 6.45) is -0.394. The summed E-state index contributed by atoms with van der Waals surface area (Å²) in [5.41, 5.74) is 0.459. The van der Waals surface area contributed by atoms with Crippen LogP contribution in [0.5, 0.6) is 11.5 Å². The van der Waals surface area contributed by atoms with Crippen LogP contribution in [0.1, 0.15) is 34.6 Å². The minimum absolute atomic E-state index is 0.0416. The molecule has 146 valence electrons. The number of nitrogens with one attached hydrogen (secondary N) is 2. The Hall–Kier alpha value is -2.69. The van der Waals surface area contributed by atoms with Gasteiger partial charge in [-0.1, -0.05) is 32.0 Å². The highest BCUT2D eigenvalue weighted by molar-refractivity contribution is 5.68. The predicted molar refractivity (Wildman–Crippen MR) is 109 cm³/mol. The molecule has 1 amide bonds. The van der Waals surface area contributed by atoms with Crippen LogP contribution in [-0.2, 0) is 4.74 Å². The molecule has 0 saturated carbocycles. The first kappa shape index (κ1) is 20.6. The van der Waals surface area contributed by atoms with Gasteiger partial charge < -0.3 is 20.1 Å². The van der Waals surface area contributed by atoms with Crippen LogP contribution in [-0.4, -0.2) is 24.3 Å². The molecule has 2 N–H and O–H groups in total. The number of carbonyl (C=O) groups excluding carboxylic acids is 1. The first-order chi connectivity index (χ1) is 12.7. The summed E-state index contributed by atoms with van der Waals surface area (Å²) in [7, 11) is 0. The van der Waals surface area contributed by atoms with Crippen LogP contribution in [0.15, 0.2) is 54.6 Å². The average molecular weight is 370 g/mol. The van der Waals surface area contributed by atoms with Gasteiger partial charge in [0.15, 0.2) is 0 Å². The number of anilines is 1. The van der Waals surface area contributed by atoms with Gasteiger partial charge in [0.2, 0.25) is 0 Å². The predicted octanol–water partition coefficient (Wildman–Crippen LogP) is 5.44. The lowest BCUT2D eigenvalue weighted by Gasteiger charge is -2.26. The lowest BCUT2D eigenvalue weighted by Crippen LogP contribution is -2.45. The van der Waals surface area contributed by atoms with E-state index in [4.69, 9.17) is 9.47 Å². The molecule has 27 heavy (non-hydrogen) atoms. The molecule has 0 radical (unpaired) electrons. The van der Waals surface area contributed by atoms with Crippen LogP contribution >= 0.6 is 0 Å². The summed E-state index contributed by atoms with van der Waals surface area (Å²) in [6, 6.07) is 17.4. The highest BCUT2D eigenvalue weighted by Crippen LogP contribution is 2.22. The summed E-state index contributed by atoms with van der Waals surface area (Å²) in [4.78, 5) is 12.0. The summed E-state index contributed by atoms with van der Waals surface area (Å²) < 4.78 is 11.1. The fraction of sp³-hybridized carbons (Fsp3) is 0.409. The van der Waals surface area contributed by atoms with Crippen LogP contribution in [0, 0.1) is 5.92 Å². The number of para-hydroxylation sites is 1. The molecule has 2 aromatic rings. The van der Waals surface area contributed by atoms with E-state index in [0.717, 1.165) is 17.2 Å². The normalized spacial score (nSPS) is 12.4. The molecule has 0 heterocycles. The second-order valence-corrected chi connectivity index (χ2v) is 7.82. The summed E-state index contributed by atoms with van der Waals surface area (Å²) in [5.74, 6) is 1.85. The van der Waals surface area contributed by atoms with Gasteiger partial charge in [0, 0.05) is 12.2 Å². The van der Waals surface area contributed by atoms with Crippen LogP contribution in [0.2, 0.25) is 0 Å². The fourth-order valence-corrected chi connectivity index (χ4v) is 2.41. The van der Waals surface area contributed by atoms with Gasteiger partial charge in [0.05, 0.1) is 6.04 Å². The lowest BCUT2D eigenvalue weighted by atomic mass is 10.0. The molecule has 2 rings (SSSR count). The number of benzene rings is 2. The van der Waals surface area contributed by atoms with E-state index in [1.165, 1.54) is 0 Å². The molecule has 5 heteroatoms. The third-order valence-electron chi connectivity index (χ3n) is 3.87. The van der Waals surface area contributed by atoms with Gasteiger partial charge in [0.25, 0.3) is 0 Å². The third kappa shape index (κ3) is 7.60. The van der Waals surface area contributed by atoms with Crippen LogP contribution < -0.4 is 15.4 Å². The zero-order valence-corrected chi connectivity index (χ0v) is 16.8. The number of amides is 1. The molecule has 5 nitrogen and oxygen atoms in total. The molecule has 0 aliphatic rings. The molecule has 1 unspecified atom stereocenters. The van der Waals surface area contributed by atoms with Crippen LogP contribution in [0.4, 0.5) is 10.5 Å². The maximum absolute atomic E-state index is 12.0. The topological polar surface area (TPSA) is 59.6 Å². The molecule has 1 atom stereocenters. The van der Waals surface area contributed by atoms with E-state index in [0.29, 0.717) is 6.54 Å². The Labute approximate surface area is 162 Å². The van der Waals surface area contributed by atoms with E-state index < -0.39 is 11.7 Å².